The number of hydrogen-bond donors (Lipinski definition) is 2. The first-order valence-corrected chi connectivity index (χ1v) is 9.16. The Morgan fingerprint density at radius 3 is 2.75 bits per heavy atom. The molecule has 28 heavy (non-hydrogen) atoms. The average Bonchev–Trinajstić information content (AvgIpc) is 2.67. The van der Waals surface area contributed by atoms with E-state index in [4.69, 9.17) is 10.5 Å². The van der Waals surface area contributed by atoms with Crippen LogP contribution in [0.2, 0.25) is 0 Å². The van der Waals surface area contributed by atoms with Crippen molar-refractivity contribution in [1.29, 1.82) is 0 Å². The maximum atomic E-state index is 13.4. The van der Waals surface area contributed by atoms with Gasteiger partial charge in [-0.15, -0.1) is 0 Å². The molecule has 9 heteroatoms. The van der Waals surface area contributed by atoms with E-state index in [2.05, 4.69) is 32.1 Å². The summed E-state index contributed by atoms with van der Waals surface area (Å²) < 4.78 is 19.2. The molecule has 2 heterocycles. The first kappa shape index (κ1) is 20.0. The van der Waals surface area contributed by atoms with E-state index >= 15 is 0 Å². The number of nitrogens with two attached hydrogens (primary N) is 1. The topological polar surface area (TPSA) is 96.6 Å². The van der Waals surface area contributed by atoms with Crippen molar-refractivity contribution in [2.75, 3.05) is 39.8 Å². The molecular weight excluding hydrogens is 363 g/mol. The highest BCUT2D eigenvalue weighted by atomic mass is 19.1. The maximum absolute atomic E-state index is 13.4. The number of benzene rings is 1. The first-order valence-electron chi connectivity index (χ1n) is 9.16. The lowest BCUT2D eigenvalue weighted by atomic mass is 10.1. The Kier molecular flexibility index (Phi) is 6.72. The van der Waals surface area contributed by atoms with Crippen molar-refractivity contribution in [3.8, 4) is 5.88 Å². The van der Waals surface area contributed by atoms with Crippen LogP contribution in [0.3, 0.4) is 0 Å². The van der Waals surface area contributed by atoms with E-state index < -0.39 is 12.1 Å². The Morgan fingerprint density at radius 2 is 2.04 bits per heavy atom. The number of likely N-dealkylation sites (N-methyl/N-ethyl adjacent to an activating group) is 1. The van der Waals surface area contributed by atoms with E-state index in [9.17, 15) is 9.18 Å². The van der Waals surface area contributed by atoms with Crippen molar-refractivity contribution in [2.24, 2.45) is 5.73 Å². The lowest BCUT2D eigenvalue weighted by Crippen LogP contribution is -2.48. The zero-order valence-corrected chi connectivity index (χ0v) is 15.8. The quantitative estimate of drug-likeness (QED) is 0.739. The highest BCUT2D eigenvalue weighted by Gasteiger charge is 2.25. The van der Waals surface area contributed by atoms with Crippen LogP contribution in [0.1, 0.15) is 17.3 Å². The molecule has 0 radical (unpaired) electrons. The summed E-state index contributed by atoms with van der Waals surface area (Å²) in [7, 11) is 2.08. The van der Waals surface area contributed by atoms with Crippen LogP contribution in [-0.4, -0.2) is 65.6 Å². The van der Waals surface area contributed by atoms with Gasteiger partial charge in [0.2, 0.25) is 5.88 Å². The fraction of sp³-hybridized carbons (Fsp3) is 0.421. The van der Waals surface area contributed by atoms with Crippen molar-refractivity contribution in [3.63, 3.8) is 0 Å². The van der Waals surface area contributed by atoms with Crippen LogP contribution in [0.15, 0.2) is 36.7 Å². The molecule has 1 aromatic carbocycles. The van der Waals surface area contributed by atoms with Crippen LogP contribution in [-0.2, 0) is 6.61 Å². The number of primary amides is 1. The molecule has 3 N–H and O–H groups in total. The van der Waals surface area contributed by atoms with E-state index in [0.717, 1.165) is 26.2 Å². The number of amides is 2. The van der Waals surface area contributed by atoms with Crippen molar-refractivity contribution in [1.82, 2.24) is 25.1 Å². The van der Waals surface area contributed by atoms with Gasteiger partial charge in [-0.05, 0) is 24.7 Å². The van der Waals surface area contributed by atoms with Crippen LogP contribution in [0.25, 0.3) is 0 Å². The number of ether oxygens (including phenoxy) is 1. The van der Waals surface area contributed by atoms with Crippen molar-refractivity contribution < 1.29 is 13.9 Å². The highest BCUT2D eigenvalue weighted by molar-refractivity contribution is 5.72. The predicted molar refractivity (Wildman–Crippen MR) is 102 cm³/mol. The summed E-state index contributed by atoms with van der Waals surface area (Å²) in [4.78, 5) is 24.7. The predicted octanol–water partition coefficient (Wildman–Crippen LogP) is 1.15. The molecule has 1 aliphatic heterocycles. The van der Waals surface area contributed by atoms with Gasteiger partial charge in [-0.3, -0.25) is 9.88 Å². The van der Waals surface area contributed by atoms with E-state index in [1.54, 1.807) is 18.3 Å². The van der Waals surface area contributed by atoms with E-state index in [0.29, 0.717) is 23.7 Å². The number of piperazine rings is 1. The minimum absolute atomic E-state index is 0.140. The number of carbonyl (C=O) groups is 1. The molecule has 1 aliphatic rings. The summed E-state index contributed by atoms with van der Waals surface area (Å²) in [6, 6.07) is 5.07. The first-order chi connectivity index (χ1) is 13.5. The Bertz CT molecular complexity index is 797. The molecule has 1 atom stereocenters. The van der Waals surface area contributed by atoms with E-state index in [-0.39, 0.29) is 12.4 Å². The zero-order chi connectivity index (χ0) is 19.9. The average molecular weight is 388 g/mol. The van der Waals surface area contributed by atoms with Gasteiger partial charge in [-0.1, -0.05) is 12.1 Å². The van der Waals surface area contributed by atoms with Gasteiger partial charge in [0.15, 0.2) is 0 Å². The fourth-order valence-corrected chi connectivity index (χ4v) is 3.13. The lowest BCUT2D eigenvalue weighted by molar-refractivity contribution is 0.141. The molecule has 0 bridgehead atoms. The van der Waals surface area contributed by atoms with Crippen LogP contribution in [0, 0.1) is 5.82 Å². The Morgan fingerprint density at radius 1 is 1.29 bits per heavy atom. The second kappa shape index (κ2) is 9.43. The summed E-state index contributed by atoms with van der Waals surface area (Å²) in [5, 5.41) is 2.74. The Labute approximate surface area is 163 Å². The molecule has 8 nitrogen and oxygen atoms in total. The molecule has 3 rings (SSSR count). The summed E-state index contributed by atoms with van der Waals surface area (Å²) in [6.45, 7) is 4.35. The number of aromatic nitrogens is 2. The van der Waals surface area contributed by atoms with Crippen LogP contribution in [0.5, 0.6) is 5.88 Å². The maximum Gasteiger partial charge on any atom is 0.312 e. The third-order valence-electron chi connectivity index (χ3n) is 4.64. The smallest absolute Gasteiger partial charge is 0.312 e. The molecule has 0 saturated carbocycles. The number of nitrogens with zero attached hydrogens (tertiary/aromatic N) is 4. The number of nitrogens with one attached hydrogen (secondary N) is 1. The zero-order valence-electron chi connectivity index (χ0n) is 15.8. The number of urea groups is 1. The second-order valence-corrected chi connectivity index (χ2v) is 6.83. The van der Waals surface area contributed by atoms with Gasteiger partial charge >= 0.3 is 6.03 Å². The van der Waals surface area contributed by atoms with Gasteiger partial charge in [0.25, 0.3) is 0 Å². The third-order valence-corrected chi connectivity index (χ3v) is 4.64. The Balaban J connectivity index is 1.74. The van der Waals surface area contributed by atoms with Crippen molar-refractivity contribution in [3.05, 3.63) is 53.7 Å². The molecule has 1 saturated heterocycles. The largest absolute Gasteiger partial charge is 0.471 e. The number of carbonyl (C=O) groups excluding carboxylic acids is 1. The Hall–Kier alpha value is -2.78. The highest BCUT2D eigenvalue weighted by Crippen LogP contribution is 2.23. The standard InChI is InChI=1S/C19H25FN6O2/c1-25-7-9-26(10-8-25)12-16(24-19(21)27)17-18(23-6-5-22-17)28-13-14-3-2-4-15(20)11-14/h2-6,11,16H,7-10,12-13H2,1H3,(H3,21,24,27). The van der Waals surface area contributed by atoms with Crippen LogP contribution >= 0.6 is 0 Å². The molecule has 1 unspecified atom stereocenters. The molecule has 1 fully saturated rings. The SMILES string of the molecule is CN1CCN(CC(NC(N)=O)c2nccnc2OCc2cccc(F)c2)CC1. The summed E-state index contributed by atoms with van der Waals surface area (Å²) >= 11 is 0. The van der Waals surface area contributed by atoms with Crippen LogP contribution in [0.4, 0.5) is 9.18 Å². The van der Waals surface area contributed by atoms with Gasteiger partial charge in [0.05, 0.1) is 6.04 Å². The van der Waals surface area contributed by atoms with E-state index in [1.165, 1.54) is 18.3 Å². The fourth-order valence-electron chi connectivity index (χ4n) is 3.13. The van der Waals surface area contributed by atoms with E-state index in [1.807, 2.05) is 0 Å². The minimum atomic E-state index is -0.638. The van der Waals surface area contributed by atoms with Crippen molar-refractivity contribution in [2.45, 2.75) is 12.6 Å². The summed E-state index contributed by atoms with van der Waals surface area (Å²) in [6.07, 6.45) is 3.06. The monoisotopic (exact) mass is 388 g/mol. The van der Waals surface area contributed by atoms with Gasteiger partial charge in [0, 0.05) is 45.1 Å². The van der Waals surface area contributed by atoms with Gasteiger partial charge in [0.1, 0.15) is 18.1 Å². The summed E-state index contributed by atoms with van der Waals surface area (Å²) in [5.74, 6) is -0.0385. The number of hydrogen-bond acceptors (Lipinski definition) is 6. The normalized spacial score (nSPS) is 16.5. The number of halogens is 1. The summed E-state index contributed by atoms with van der Waals surface area (Å²) in [5.41, 5.74) is 6.56. The molecular formula is C19H25FN6O2. The van der Waals surface area contributed by atoms with Crippen LogP contribution < -0.4 is 15.8 Å². The van der Waals surface area contributed by atoms with Gasteiger partial charge in [-0.25, -0.2) is 14.2 Å². The molecule has 2 aromatic rings. The minimum Gasteiger partial charge on any atom is -0.471 e. The second-order valence-electron chi connectivity index (χ2n) is 6.83. The molecule has 150 valence electrons. The molecule has 2 amide bonds. The molecule has 0 aliphatic carbocycles. The lowest BCUT2D eigenvalue weighted by Gasteiger charge is -2.34. The van der Waals surface area contributed by atoms with Gasteiger partial charge in [-0.2, -0.15) is 0 Å². The van der Waals surface area contributed by atoms with Crippen molar-refractivity contribution >= 4 is 6.03 Å². The molecule has 0 spiro atoms. The number of rotatable bonds is 7. The molecule has 1 aromatic heterocycles. The van der Waals surface area contributed by atoms with Gasteiger partial charge < -0.3 is 20.7 Å². The third kappa shape index (κ3) is 5.61.